The summed E-state index contributed by atoms with van der Waals surface area (Å²) in [6.45, 7) is 5.54. The molecule has 0 amide bonds. The highest BCUT2D eigenvalue weighted by Gasteiger charge is 2.52. The van der Waals surface area contributed by atoms with Crippen molar-refractivity contribution in [3.8, 4) is 5.75 Å². The van der Waals surface area contributed by atoms with Crippen molar-refractivity contribution in [3.05, 3.63) is 58.8 Å². The number of nitrogens with zero attached hydrogens (tertiary/aromatic N) is 4. The van der Waals surface area contributed by atoms with E-state index in [0.717, 1.165) is 31.4 Å². The van der Waals surface area contributed by atoms with Gasteiger partial charge in [-0.15, -0.1) is 0 Å². The van der Waals surface area contributed by atoms with Gasteiger partial charge in [-0.25, -0.2) is 26.6 Å². The zero-order valence-electron chi connectivity index (χ0n) is 25.8. The molecule has 6 rings (SSSR count). The maximum Gasteiger partial charge on any atom is 0.254 e. The molecule has 1 unspecified atom stereocenters. The second kappa shape index (κ2) is 12.4. The molecule has 2 fully saturated rings. The molecule has 2 saturated heterocycles. The maximum absolute atomic E-state index is 16.2. The van der Waals surface area contributed by atoms with Gasteiger partial charge in [0.1, 0.15) is 29.7 Å². The van der Waals surface area contributed by atoms with Crippen molar-refractivity contribution in [1.29, 1.82) is 0 Å². The summed E-state index contributed by atoms with van der Waals surface area (Å²) in [7, 11) is 0. The van der Waals surface area contributed by atoms with E-state index < -0.39 is 47.4 Å². The topological polar surface area (TPSA) is 42.8 Å². The van der Waals surface area contributed by atoms with Crippen molar-refractivity contribution in [2.24, 2.45) is 5.92 Å². The Morgan fingerprint density at radius 3 is 2.49 bits per heavy atom. The van der Waals surface area contributed by atoms with Crippen LogP contribution in [0.3, 0.4) is 0 Å². The number of halogens is 6. The van der Waals surface area contributed by atoms with Crippen LogP contribution in [0.4, 0.5) is 26.3 Å². The number of likely N-dealkylation sites (tertiary alicyclic amines) is 1. The largest absolute Gasteiger partial charge is 0.492 e. The Kier molecular flexibility index (Phi) is 8.86. The first-order valence-electron chi connectivity index (χ1n) is 15.7. The number of fused-ring (bicyclic) bond motifs is 3. The van der Waals surface area contributed by atoms with Gasteiger partial charge in [0, 0.05) is 61.8 Å². The first-order chi connectivity index (χ1) is 21.4. The monoisotopic (exact) mass is 638 g/mol. The maximum atomic E-state index is 16.2. The van der Waals surface area contributed by atoms with Crippen molar-refractivity contribution >= 4 is 10.9 Å². The molecule has 3 aliphatic heterocycles. The summed E-state index contributed by atoms with van der Waals surface area (Å²) in [6, 6.07) is 4.03. The van der Waals surface area contributed by atoms with Gasteiger partial charge >= 0.3 is 0 Å². The first-order valence-corrected chi connectivity index (χ1v) is 15.7. The van der Waals surface area contributed by atoms with Crippen LogP contribution in [0.5, 0.6) is 5.75 Å². The van der Waals surface area contributed by atoms with E-state index >= 15 is 13.2 Å². The fourth-order valence-electron chi connectivity index (χ4n) is 7.34. The van der Waals surface area contributed by atoms with E-state index in [0.29, 0.717) is 48.3 Å². The van der Waals surface area contributed by atoms with Crippen molar-refractivity contribution in [1.82, 2.24) is 19.6 Å². The third-order valence-corrected chi connectivity index (χ3v) is 9.50. The number of benzene rings is 2. The summed E-state index contributed by atoms with van der Waals surface area (Å²) in [4.78, 5) is 3.20. The molecule has 0 spiro atoms. The van der Waals surface area contributed by atoms with Gasteiger partial charge < -0.3 is 9.47 Å². The van der Waals surface area contributed by atoms with Gasteiger partial charge in [0.25, 0.3) is 6.43 Å². The summed E-state index contributed by atoms with van der Waals surface area (Å²) >= 11 is 0. The highest BCUT2D eigenvalue weighted by molar-refractivity contribution is 5.85. The third kappa shape index (κ3) is 6.05. The zero-order chi connectivity index (χ0) is 32.1. The minimum atomic E-state index is -2.93. The molecule has 3 atom stereocenters. The van der Waals surface area contributed by atoms with Crippen molar-refractivity contribution in [2.45, 2.75) is 76.4 Å². The van der Waals surface area contributed by atoms with Gasteiger partial charge in [0.2, 0.25) is 0 Å². The van der Waals surface area contributed by atoms with E-state index in [1.54, 1.807) is 23.0 Å². The van der Waals surface area contributed by atoms with E-state index in [4.69, 9.17) is 9.47 Å². The van der Waals surface area contributed by atoms with Crippen molar-refractivity contribution in [3.63, 3.8) is 0 Å². The molecule has 3 aliphatic rings. The highest BCUT2D eigenvalue weighted by Crippen LogP contribution is 2.49. The third-order valence-electron chi connectivity index (χ3n) is 9.50. The summed E-state index contributed by atoms with van der Waals surface area (Å²) in [5, 5.41) is 5.14. The van der Waals surface area contributed by atoms with E-state index in [1.807, 2.05) is 4.90 Å². The molecule has 1 aromatic heterocycles. The van der Waals surface area contributed by atoms with Crippen molar-refractivity contribution < 1.29 is 35.8 Å². The molecule has 4 heterocycles. The minimum absolute atomic E-state index is 0.00349. The molecular formula is C33H40F6N4O2. The van der Waals surface area contributed by atoms with Gasteiger partial charge in [-0.2, -0.15) is 5.10 Å². The van der Waals surface area contributed by atoms with Gasteiger partial charge in [0.15, 0.2) is 6.23 Å². The number of hydrogen-bond acceptors (Lipinski definition) is 5. The molecule has 2 aromatic carbocycles. The van der Waals surface area contributed by atoms with Crippen LogP contribution in [-0.2, 0) is 16.7 Å². The van der Waals surface area contributed by atoms with Gasteiger partial charge in [0.05, 0.1) is 30.0 Å². The summed E-state index contributed by atoms with van der Waals surface area (Å²) in [5.74, 6) is -2.02. The summed E-state index contributed by atoms with van der Waals surface area (Å²) in [5.41, 5.74) is -2.63. The van der Waals surface area contributed by atoms with Gasteiger partial charge in [-0.3, -0.25) is 14.2 Å². The molecular weight excluding hydrogens is 598 g/mol. The smallest absolute Gasteiger partial charge is 0.254 e. The van der Waals surface area contributed by atoms with Gasteiger partial charge in [-0.1, -0.05) is 6.07 Å². The van der Waals surface area contributed by atoms with E-state index in [-0.39, 0.29) is 37.6 Å². The van der Waals surface area contributed by atoms with Crippen LogP contribution < -0.4 is 4.74 Å². The Morgan fingerprint density at radius 1 is 1.13 bits per heavy atom. The number of rotatable bonds is 10. The zero-order valence-corrected chi connectivity index (χ0v) is 25.8. The molecule has 6 nitrogen and oxygen atoms in total. The van der Waals surface area contributed by atoms with Crippen LogP contribution in [0.25, 0.3) is 10.9 Å². The SMILES string of the molecule is CC(C)(F)CN1[C@H](C(F)F)Cc2c(ccc3c2cnn3C2CCCCO2)[C@@]1(C)c1c(F)cc(OCCN2CC(CF)C2)cc1F. The molecule has 0 radical (unpaired) electrons. The fourth-order valence-corrected chi connectivity index (χ4v) is 7.34. The average Bonchev–Trinajstić information content (AvgIpc) is 3.39. The van der Waals surface area contributed by atoms with Crippen LogP contribution in [0.1, 0.15) is 63.0 Å². The van der Waals surface area contributed by atoms with E-state index in [1.165, 1.54) is 25.7 Å². The second-order valence-electron chi connectivity index (χ2n) is 13.3. The Labute approximate surface area is 259 Å². The Morgan fingerprint density at radius 2 is 1.87 bits per heavy atom. The molecule has 246 valence electrons. The molecule has 0 bridgehead atoms. The lowest BCUT2D eigenvalue weighted by Crippen LogP contribution is -2.60. The lowest BCUT2D eigenvalue weighted by molar-refractivity contribution is -0.0538. The van der Waals surface area contributed by atoms with Crippen LogP contribution in [0.15, 0.2) is 30.5 Å². The van der Waals surface area contributed by atoms with Gasteiger partial charge in [-0.05, 0) is 63.6 Å². The fraction of sp³-hybridized carbons (Fsp3) is 0.606. The molecule has 45 heavy (non-hydrogen) atoms. The van der Waals surface area contributed by atoms with Crippen LogP contribution >= 0.6 is 0 Å². The standard InChI is InChI=1S/C33H40F6N4O2/c1-32(2,39)19-42-28(31(37)38)14-22-23-16-40-43(29-6-4-5-10-45-29)27(23)8-7-24(22)33(42,3)30-25(35)12-21(13-26(30)36)44-11-9-41-17-20(15-34)18-41/h7-8,12-13,16,20,28-29,31H,4-6,9-11,14-15,17-19H2,1-3H3/t28-,29?,33-/m0/s1. The average molecular weight is 639 g/mol. The quantitative estimate of drug-likeness (QED) is 0.229. The summed E-state index contributed by atoms with van der Waals surface area (Å²) in [6.07, 6.45) is 0.879. The lowest BCUT2D eigenvalue weighted by Gasteiger charge is -2.52. The van der Waals surface area contributed by atoms with Crippen LogP contribution in [0, 0.1) is 17.6 Å². The first kappa shape index (κ1) is 32.1. The molecule has 0 saturated carbocycles. The number of aromatic nitrogens is 2. The van der Waals surface area contributed by atoms with Crippen LogP contribution in [0.2, 0.25) is 0 Å². The van der Waals surface area contributed by atoms with Crippen LogP contribution in [-0.4, -0.2) is 83.8 Å². The highest BCUT2D eigenvalue weighted by atomic mass is 19.3. The molecule has 12 heteroatoms. The predicted molar refractivity (Wildman–Crippen MR) is 158 cm³/mol. The number of hydrogen-bond donors (Lipinski definition) is 0. The molecule has 3 aromatic rings. The van der Waals surface area contributed by atoms with E-state index in [2.05, 4.69) is 5.10 Å². The Hall–Kier alpha value is -2.83. The molecule has 0 N–H and O–H groups in total. The lowest BCUT2D eigenvalue weighted by atomic mass is 9.73. The van der Waals surface area contributed by atoms with E-state index in [9.17, 15) is 13.2 Å². The molecule has 0 aliphatic carbocycles. The minimum Gasteiger partial charge on any atom is -0.492 e. The second-order valence-corrected chi connectivity index (χ2v) is 13.3. The number of ether oxygens (including phenoxy) is 2. The predicted octanol–water partition coefficient (Wildman–Crippen LogP) is 6.80. The number of alkyl halides is 4. The Balaban J connectivity index is 1.42. The van der Waals surface area contributed by atoms with Crippen molar-refractivity contribution in [2.75, 3.05) is 46.1 Å². The normalized spacial score (nSPS) is 25.1. The Bertz CT molecular complexity index is 1490. The summed E-state index contributed by atoms with van der Waals surface area (Å²) < 4.78 is 104.